The molecule has 0 N–H and O–H groups in total. The molecule has 0 saturated heterocycles. The standard InChI is InChI=1S/C9H13ClO3/c1-11-6-4-7(12-2)9(10)8(5-6)13-3/h4-6,9H,1-3H3. The van der Waals surface area contributed by atoms with Gasteiger partial charge in [0.2, 0.25) is 0 Å². The van der Waals surface area contributed by atoms with Gasteiger partial charge in [-0.05, 0) is 12.2 Å². The fourth-order valence-corrected chi connectivity index (χ4v) is 1.48. The van der Waals surface area contributed by atoms with Gasteiger partial charge in [0.1, 0.15) is 23.0 Å². The SMILES string of the molecule is COC1=CC(OC)C=C(OC)C1Cl. The average molecular weight is 205 g/mol. The van der Waals surface area contributed by atoms with E-state index in [-0.39, 0.29) is 11.5 Å². The van der Waals surface area contributed by atoms with E-state index in [4.69, 9.17) is 25.8 Å². The van der Waals surface area contributed by atoms with Crippen LogP contribution < -0.4 is 0 Å². The number of hydrogen-bond donors (Lipinski definition) is 0. The van der Waals surface area contributed by atoms with Gasteiger partial charge >= 0.3 is 0 Å². The molecule has 0 bridgehead atoms. The molecular weight excluding hydrogens is 192 g/mol. The van der Waals surface area contributed by atoms with Gasteiger partial charge in [0.15, 0.2) is 0 Å². The van der Waals surface area contributed by atoms with Crippen molar-refractivity contribution in [2.45, 2.75) is 11.5 Å². The van der Waals surface area contributed by atoms with E-state index in [1.807, 2.05) is 12.2 Å². The van der Waals surface area contributed by atoms with Crippen LogP contribution in [0.25, 0.3) is 0 Å². The highest BCUT2D eigenvalue weighted by Crippen LogP contribution is 2.26. The first-order chi connectivity index (χ1) is 6.22. The van der Waals surface area contributed by atoms with Crippen LogP contribution in [-0.4, -0.2) is 32.8 Å². The van der Waals surface area contributed by atoms with Crippen LogP contribution in [-0.2, 0) is 14.2 Å². The van der Waals surface area contributed by atoms with E-state index in [0.717, 1.165) is 0 Å². The summed E-state index contributed by atoms with van der Waals surface area (Å²) < 4.78 is 15.3. The fraction of sp³-hybridized carbons (Fsp3) is 0.556. The van der Waals surface area contributed by atoms with Crippen LogP contribution in [0.2, 0.25) is 0 Å². The van der Waals surface area contributed by atoms with Gasteiger partial charge in [0.05, 0.1) is 14.2 Å². The van der Waals surface area contributed by atoms with E-state index in [1.54, 1.807) is 21.3 Å². The zero-order valence-electron chi connectivity index (χ0n) is 7.91. The molecule has 0 fully saturated rings. The van der Waals surface area contributed by atoms with Crippen molar-refractivity contribution in [3.8, 4) is 0 Å². The lowest BCUT2D eigenvalue weighted by atomic mass is 10.1. The lowest BCUT2D eigenvalue weighted by Gasteiger charge is -2.22. The molecule has 0 radical (unpaired) electrons. The Hall–Kier alpha value is -0.670. The quantitative estimate of drug-likeness (QED) is 0.655. The Balaban J connectivity index is 2.84. The fourth-order valence-electron chi connectivity index (χ4n) is 1.16. The molecule has 0 aromatic carbocycles. The molecule has 4 heteroatoms. The van der Waals surface area contributed by atoms with Crippen LogP contribution >= 0.6 is 11.6 Å². The van der Waals surface area contributed by atoms with Crippen LogP contribution in [0.4, 0.5) is 0 Å². The van der Waals surface area contributed by atoms with Gasteiger partial charge in [-0.15, -0.1) is 11.6 Å². The number of methoxy groups -OCH3 is 3. The molecule has 3 nitrogen and oxygen atoms in total. The predicted molar refractivity (Wildman–Crippen MR) is 50.6 cm³/mol. The third-order valence-electron chi connectivity index (χ3n) is 1.90. The summed E-state index contributed by atoms with van der Waals surface area (Å²) in [5.41, 5.74) is 0. The Kier molecular flexibility index (Phi) is 3.63. The first-order valence-corrected chi connectivity index (χ1v) is 4.34. The molecule has 74 valence electrons. The Morgan fingerprint density at radius 2 is 1.54 bits per heavy atom. The normalized spacial score (nSPS) is 27.7. The highest BCUT2D eigenvalue weighted by atomic mass is 35.5. The monoisotopic (exact) mass is 204 g/mol. The zero-order valence-corrected chi connectivity index (χ0v) is 8.67. The Morgan fingerprint density at radius 1 is 1.08 bits per heavy atom. The van der Waals surface area contributed by atoms with Crippen molar-refractivity contribution in [3.63, 3.8) is 0 Å². The Bertz CT molecular complexity index is 213. The van der Waals surface area contributed by atoms with E-state index in [0.29, 0.717) is 11.5 Å². The molecular formula is C9H13ClO3. The molecule has 0 aromatic rings. The summed E-state index contributed by atoms with van der Waals surface area (Å²) in [5.74, 6) is 1.32. The van der Waals surface area contributed by atoms with E-state index in [1.165, 1.54) is 0 Å². The van der Waals surface area contributed by atoms with E-state index in [9.17, 15) is 0 Å². The molecule has 0 aromatic heterocycles. The minimum absolute atomic E-state index is 0.125. The first-order valence-electron chi connectivity index (χ1n) is 3.91. The smallest absolute Gasteiger partial charge is 0.147 e. The lowest BCUT2D eigenvalue weighted by Crippen LogP contribution is -2.20. The Morgan fingerprint density at radius 3 is 1.85 bits per heavy atom. The van der Waals surface area contributed by atoms with Crippen molar-refractivity contribution in [2.75, 3.05) is 21.3 Å². The Labute approximate surface area is 82.9 Å². The summed E-state index contributed by atoms with van der Waals surface area (Å²) in [5, 5.41) is -0.346. The molecule has 0 heterocycles. The lowest BCUT2D eigenvalue weighted by molar-refractivity contribution is 0.153. The number of halogens is 1. The maximum Gasteiger partial charge on any atom is 0.147 e. The van der Waals surface area contributed by atoms with Gasteiger partial charge in [-0.25, -0.2) is 0 Å². The number of alkyl halides is 1. The van der Waals surface area contributed by atoms with Gasteiger partial charge in [0, 0.05) is 7.11 Å². The second kappa shape index (κ2) is 4.53. The van der Waals surface area contributed by atoms with Crippen LogP contribution in [0.15, 0.2) is 23.7 Å². The van der Waals surface area contributed by atoms with Crippen molar-refractivity contribution in [2.24, 2.45) is 0 Å². The van der Waals surface area contributed by atoms with Gasteiger partial charge in [-0.2, -0.15) is 0 Å². The summed E-state index contributed by atoms with van der Waals surface area (Å²) in [7, 11) is 4.77. The van der Waals surface area contributed by atoms with Gasteiger partial charge in [-0.3, -0.25) is 0 Å². The molecule has 0 unspecified atom stereocenters. The molecule has 1 rings (SSSR count). The molecule has 1 aliphatic rings. The van der Waals surface area contributed by atoms with E-state index in [2.05, 4.69) is 0 Å². The van der Waals surface area contributed by atoms with Crippen LogP contribution in [0.5, 0.6) is 0 Å². The number of rotatable bonds is 3. The molecule has 0 saturated carbocycles. The van der Waals surface area contributed by atoms with Crippen molar-refractivity contribution in [3.05, 3.63) is 23.7 Å². The molecule has 13 heavy (non-hydrogen) atoms. The van der Waals surface area contributed by atoms with Crippen molar-refractivity contribution >= 4 is 11.6 Å². The van der Waals surface area contributed by atoms with Crippen molar-refractivity contribution in [1.82, 2.24) is 0 Å². The zero-order chi connectivity index (χ0) is 9.84. The summed E-state index contributed by atoms with van der Waals surface area (Å²) in [6.45, 7) is 0. The van der Waals surface area contributed by atoms with Crippen LogP contribution in [0, 0.1) is 0 Å². The maximum atomic E-state index is 6.03. The minimum atomic E-state index is -0.346. The topological polar surface area (TPSA) is 27.7 Å². The average Bonchev–Trinajstić information content (AvgIpc) is 2.18. The summed E-state index contributed by atoms with van der Waals surface area (Å²) in [6.07, 6.45) is 3.51. The highest BCUT2D eigenvalue weighted by Gasteiger charge is 2.24. The summed E-state index contributed by atoms with van der Waals surface area (Å²) in [4.78, 5) is 0. The molecule has 0 atom stereocenters. The van der Waals surface area contributed by atoms with Gasteiger partial charge in [0.25, 0.3) is 0 Å². The minimum Gasteiger partial charge on any atom is -0.499 e. The predicted octanol–water partition coefficient (Wildman–Crippen LogP) is 1.68. The molecule has 0 aliphatic heterocycles. The van der Waals surface area contributed by atoms with Gasteiger partial charge < -0.3 is 14.2 Å². The van der Waals surface area contributed by atoms with E-state index >= 15 is 0 Å². The van der Waals surface area contributed by atoms with E-state index < -0.39 is 0 Å². The van der Waals surface area contributed by atoms with Crippen molar-refractivity contribution in [1.29, 1.82) is 0 Å². The van der Waals surface area contributed by atoms with Crippen LogP contribution in [0.1, 0.15) is 0 Å². The summed E-state index contributed by atoms with van der Waals surface area (Å²) >= 11 is 6.03. The highest BCUT2D eigenvalue weighted by molar-refractivity contribution is 6.24. The van der Waals surface area contributed by atoms with Gasteiger partial charge in [-0.1, -0.05) is 0 Å². The number of ether oxygens (including phenoxy) is 3. The first kappa shape index (κ1) is 10.4. The van der Waals surface area contributed by atoms with Crippen LogP contribution in [0.3, 0.4) is 0 Å². The molecule has 0 spiro atoms. The molecule has 1 aliphatic carbocycles. The van der Waals surface area contributed by atoms with Crippen molar-refractivity contribution < 1.29 is 14.2 Å². The largest absolute Gasteiger partial charge is 0.499 e. The third-order valence-corrected chi connectivity index (χ3v) is 2.33. The summed E-state index contributed by atoms with van der Waals surface area (Å²) in [6, 6.07) is 0. The number of hydrogen-bond acceptors (Lipinski definition) is 3. The second-order valence-electron chi connectivity index (χ2n) is 2.61. The molecule has 0 amide bonds. The maximum absolute atomic E-state index is 6.03. The second-order valence-corrected chi connectivity index (χ2v) is 3.05. The third kappa shape index (κ3) is 2.17.